The summed E-state index contributed by atoms with van der Waals surface area (Å²) in [6, 6.07) is 3.53. The van der Waals surface area contributed by atoms with Crippen molar-refractivity contribution in [2.45, 2.75) is 30.7 Å². The SMILES string of the molecule is O=C(OC1OC(CO)C(OC(=O)c2cc(O)c(OS(=O)(=O)O)c(O)c2)C(OC(=O)c2cc(O)c(O)c(O)c2)C1O)c1cc(O)c(O)c(O)c1. The number of ether oxygens (including phenoxy) is 4. The third-order valence-corrected chi connectivity index (χ3v) is 6.97. The van der Waals surface area contributed by atoms with E-state index in [2.05, 4.69) is 4.18 Å². The molecule has 0 bridgehead atoms. The van der Waals surface area contributed by atoms with Crippen molar-refractivity contribution in [3.63, 3.8) is 0 Å². The van der Waals surface area contributed by atoms with Gasteiger partial charge in [-0.15, -0.1) is 0 Å². The van der Waals surface area contributed by atoms with Gasteiger partial charge < -0.3 is 74.2 Å². The lowest BCUT2D eigenvalue weighted by atomic mass is 9.98. The maximum absolute atomic E-state index is 13.1. The molecular weight excluding hydrogens is 692 g/mol. The molecule has 0 saturated carbocycles. The molecule has 49 heavy (non-hydrogen) atoms. The zero-order chi connectivity index (χ0) is 36.5. The summed E-state index contributed by atoms with van der Waals surface area (Å²) >= 11 is 0. The third-order valence-electron chi connectivity index (χ3n) is 6.59. The summed E-state index contributed by atoms with van der Waals surface area (Å²) in [6.45, 7) is -1.13. The minimum atomic E-state index is -5.26. The molecule has 264 valence electrons. The Balaban J connectivity index is 1.69. The zero-order valence-corrected chi connectivity index (χ0v) is 24.8. The van der Waals surface area contributed by atoms with Crippen molar-refractivity contribution in [1.82, 2.24) is 0 Å². The van der Waals surface area contributed by atoms with E-state index in [9.17, 15) is 73.9 Å². The maximum atomic E-state index is 13.1. The molecule has 1 aliphatic heterocycles. The van der Waals surface area contributed by atoms with E-state index in [0.717, 1.165) is 0 Å². The number of hydrogen-bond donors (Lipinski definition) is 11. The molecule has 0 aliphatic carbocycles. The van der Waals surface area contributed by atoms with Gasteiger partial charge in [0.15, 0.2) is 64.3 Å². The average Bonchev–Trinajstić information content (AvgIpc) is 3.01. The molecule has 11 N–H and O–H groups in total. The Kier molecular flexibility index (Phi) is 10.0. The first-order valence-corrected chi connectivity index (χ1v) is 14.5. The smallest absolute Gasteiger partial charge is 0.446 e. The summed E-state index contributed by atoms with van der Waals surface area (Å²) in [7, 11) is -5.26. The van der Waals surface area contributed by atoms with Crippen molar-refractivity contribution < 1.29 is 102 Å². The van der Waals surface area contributed by atoms with Crippen LogP contribution in [0.25, 0.3) is 0 Å². The molecule has 0 amide bonds. The van der Waals surface area contributed by atoms with Crippen LogP contribution in [0.1, 0.15) is 31.1 Å². The molecule has 5 atom stereocenters. The van der Waals surface area contributed by atoms with Crippen LogP contribution in [-0.4, -0.2) is 119 Å². The third kappa shape index (κ3) is 7.79. The number of esters is 3. The molecule has 5 unspecified atom stereocenters. The highest BCUT2D eigenvalue weighted by atomic mass is 32.3. The fourth-order valence-corrected chi connectivity index (χ4v) is 4.70. The molecule has 1 fully saturated rings. The summed E-state index contributed by atoms with van der Waals surface area (Å²) in [5.41, 5.74) is -2.03. The Morgan fingerprint density at radius 3 is 1.39 bits per heavy atom. The van der Waals surface area contributed by atoms with Crippen molar-refractivity contribution in [1.29, 1.82) is 0 Å². The molecule has 1 saturated heterocycles. The van der Waals surface area contributed by atoms with Crippen LogP contribution in [-0.2, 0) is 29.3 Å². The second kappa shape index (κ2) is 13.7. The quantitative estimate of drug-likeness (QED) is 0.0558. The number of phenols is 8. The number of phenolic OH excluding ortho intramolecular Hbond substituents is 8. The van der Waals surface area contributed by atoms with Crippen LogP contribution < -0.4 is 4.18 Å². The number of benzene rings is 3. The van der Waals surface area contributed by atoms with Crippen LogP contribution >= 0.6 is 0 Å². The van der Waals surface area contributed by atoms with Crippen molar-refractivity contribution in [3.05, 3.63) is 53.1 Å². The molecular formula is C27H24O21S. The van der Waals surface area contributed by atoms with Crippen molar-refractivity contribution >= 4 is 28.3 Å². The highest BCUT2D eigenvalue weighted by Gasteiger charge is 2.51. The van der Waals surface area contributed by atoms with E-state index in [0.29, 0.717) is 36.4 Å². The second-order valence-electron chi connectivity index (χ2n) is 9.94. The molecule has 4 rings (SSSR count). The first kappa shape index (κ1) is 35.9. The van der Waals surface area contributed by atoms with Crippen LogP contribution in [0, 0.1) is 0 Å². The summed E-state index contributed by atoms with van der Waals surface area (Å²) in [5, 5.41) is 99.5. The number of aliphatic hydroxyl groups excluding tert-OH is 2. The Morgan fingerprint density at radius 2 is 1.00 bits per heavy atom. The van der Waals surface area contributed by atoms with Crippen molar-refractivity contribution in [3.8, 4) is 51.7 Å². The van der Waals surface area contributed by atoms with E-state index >= 15 is 0 Å². The Morgan fingerprint density at radius 1 is 0.633 bits per heavy atom. The van der Waals surface area contributed by atoms with Gasteiger partial charge in [-0.3, -0.25) is 4.55 Å². The Hall–Kier alpha value is -5.94. The minimum absolute atomic E-state index is 0.493. The highest BCUT2D eigenvalue weighted by Crippen LogP contribution is 2.40. The summed E-state index contributed by atoms with van der Waals surface area (Å²) in [4.78, 5) is 38.9. The first-order valence-electron chi connectivity index (χ1n) is 13.1. The summed E-state index contributed by atoms with van der Waals surface area (Å²) < 4.78 is 55.7. The van der Waals surface area contributed by atoms with Gasteiger partial charge in [0.05, 0.1) is 23.3 Å². The lowest BCUT2D eigenvalue weighted by Crippen LogP contribution is -2.62. The van der Waals surface area contributed by atoms with Gasteiger partial charge in [-0.2, -0.15) is 8.42 Å². The van der Waals surface area contributed by atoms with Crippen molar-refractivity contribution in [2.24, 2.45) is 0 Å². The fourth-order valence-electron chi connectivity index (χ4n) is 4.32. The molecule has 1 aliphatic rings. The van der Waals surface area contributed by atoms with E-state index in [1.807, 2.05) is 0 Å². The minimum Gasteiger partial charge on any atom is -0.504 e. The van der Waals surface area contributed by atoms with Gasteiger partial charge in [0.2, 0.25) is 12.0 Å². The number of aromatic hydroxyl groups is 8. The molecule has 1 heterocycles. The van der Waals surface area contributed by atoms with E-state index in [-0.39, 0.29) is 0 Å². The average molecular weight is 717 g/mol. The molecule has 21 nitrogen and oxygen atoms in total. The first-order chi connectivity index (χ1) is 22.8. The predicted octanol–water partition coefficient (Wildman–Crippen LogP) is -0.801. The topological polar surface area (TPSA) is 354 Å². The van der Waals surface area contributed by atoms with Gasteiger partial charge >= 0.3 is 28.3 Å². The molecule has 0 spiro atoms. The molecule has 3 aromatic rings. The van der Waals surface area contributed by atoms with Gasteiger partial charge in [0, 0.05) is 0 Å². The van der Waals surface area contributed by atoms with Crippen LogP contribution in [0.2, 0.25) is 0 Å². The van der Waals surface area contributed by atoms with E-state index in [1.54, 1.807) is 0 Å². The Labute approximate surface area is 272 Å². The van der Waals surface area contributed by atoms with Crippen molar-refractivity contribution in [2.75, 3.05) is 6.61 Å². The molecule has 22 heteroatoms. The van der Waals surface area contributed by atoms with Crippen LogP contribution in [0.15, 0.2) is 36.4 Å². The van der Waals surface area contributed by atoms with E-state index in [4.69, 9.17) is 23.5 Å². The second-order valence-corrected chi connectivity index (χ2v) is 11.0. The van der Waals surface area contributed by atoms with Gasteiger partial charge in [-0.1, -0.05) is 0 Å². The van der Waals surface area contributed by atoms with Crippen LogP contribution in [0.4, 0.5) is 0 Å². The predicted molar refractivity (Wildman–Crippen MR) is 150 cm³/mol. The fraction of sp³-hybridized carbons (Fsp3) is 0.222. The molecule has 0 aromatic heterocycles. The van der Waals surface area contributed by atoms with Crippen LogP contribution in [0.3, 0.4) is 0 Å². The molecule has 3 aromatic carbocycles. The number of hydrogen-bond acceptors (Lipinski definition) is 20. The largest absolute Gasteiger partial charge is 0.504 e. The van der Waals surface area contributed by atoms with E-state index < -0.39 is 134 Å². The van der Waals surface area contributed by atoms with Gasteiger partial charge in [-0.05, 0) is 36.4 Å². The summed E-state index contributed by atoms with van der Waals surface area (Å²) in [5.74, 6) is -14.0. The highest BCUT2D eigenvalue weighted by molar-refractivity contribution is 7.81. The molecule has 0 radical (unpaired) electrons. The van der Waals surface area contributed by atoms with Crippen LogP contribution in [0.5, 0.6) is 51.7 Å². The normalized spacial score (nSPS) is 20.6. The number of carbonyl (C=O) groups excluding carboxylic acids is 3. The number of rotatable bonds is 9. The lowest BCUT2D eigenvalue weighted by molar-refractivity contribution is -0.283. The monoisotopic (exact) mass is 716 g/mol. The number of carbonyl (C=O) groups is 3. The number of aliphatic hydroxyl groups is 2. The standard InChI is InChI=1S/C27H24O21S/c28-7-17-22(45-24(38)10-5-15(33)21(16(34)6-10)48-49(41,42)43)23(46-25(39)8-1-11(29)18(35)12(30)2-8)20(37)27(44-17)47-26(40)9-3-13(31)19(36)14(32)4-9/h1-6,17,20,22-23,27-37H,7H2,(H,41,42,43). The van der Waals surface area contributed by atoms with Gasteiger partial charge in [0.25, 0.3) is 0 Å². The van der Waals surface area contributed by atoms with E-state index in [1.165, 1.54) is 0 Å². The van der Waals surface area contributed by atoms with Gasteiger partial charge in [0.1, 0.15) is 6.10 Å². The van der Waals surface area contributed by atoms with Gasteiger partial charge in [-0.25, -0.2) is 14.4 Å². The zero-order valence-electron chi connectivity index (χ0n) is 24.0. The summed E-state index contributed by atoms with van der Waals surface area (Å²) in [6.07, 6.45) is -10.6. The maximum Gasteiger partial charge on any atom is 0.446 e. The lowest BCUT2D eigenvalue weighted by Gasteiger charge is -2.42. The Bertz CT molecular complexity index is 1840.